The largest absolute Gasteiger partial charge is 0.310 e. The molecule has 2 aromatic heterocycles. The van der Waals surface area contributed by atoms with Gasteiger partial charge in [-0.2, -0.15) is 0 Å². The van der Waals surface area contributed by atoms with Crippen LogP contribution in [0.5, 0.6) is 0 Å². The van der Waals surface area contributed by atoms with E-state index in [0.29, 0.717) is 0 Å². The van der Waals surface area contributed by atoms with Crippen LogP contribution >= 0.6 is 0 Å². The molecule has 20 aromatic carbocycles. The highest BCUT2D eigenvalue weighted by molar-refractivity contribution is 6.11. The van der Waals surface area contributed by atoms with Crippen LogP contribution in [0.4, 0.5) is 34.1 Å². The molecule has 0 aliphatic heterocycles. The Hall–Kier alpha value is -15.6. The monoisotopic (exact) mass is 1500 g/mol. The maximum Gasteiger partial charge on any atom is 0.0541 e. The lowest BCUT2D eigenvalue weighted by Crippen LogP contribution is -2.10. The third kappa shape index (κ3) is 13.4. The van der Waals surface area contributed by atoms with Crippen molar-refractivity contribution in [3.63, 3.8) is 0 Å². The summed E-state index contributed by atoms with van der Waals surface area (Å²) in [6, 6.07) is 171. The molecule has 554 valence electrons. The average molecular weight is 1500 g/mol. The van der Waals surface area contributed by atoms with Gasteiger partial charge in [0.2, 0.25) is 0 Å². The van der Waals surface area contributed by atoms with Crippen LogP contribution in [0.25, 0.3) is 165 Å². The normalized spacial score (nSPS) is 11.4. The molecule has 4 nitrogen and oxygen atoms in total. The van der Waals surface area contributed by atoms with Crippen LogP contribution in [0, 0.1) is 0 Å². The lowest BCUT2D eigenvalue weighted by atomic mass is 9.96. The summed E-state index contributed by atoms with van der Waals surface area (Å²) in [4.78, 5) is 4.74. The molecule has 0 spiro atoms. The van der Waals surface area contributed by atoms with E-state index in [1.807, 2.05) is 0 Å². The van der Waals surface area contributed by atoms with Crippen LogP contribution in [-0.4, -0.2) is 9.13 Å². The van der Waals surface area contributed by atoms with Crippen molar-refractivity contribution in [2.75, 3.05) is 9.80 Å². The molecule has 22 rings (SSSR count). The fourth-order valence-electron chi connectivity index (χ4n) is 17.5. The Labute approximate surface area is 686 Å². The van der Waals surface area contributed by atoms with Crippen LogP contribution < -0.4 is 9.80 Å². The standard InChI is InChI=1S/C58H40N2.C56H38N2/c1-2-12-41(13-3-1)42-24-26-43(27-25-42)45-32-36-49(37-33-45)59(51-16-11-17-52(40-51)60-57-22-8-6-19-55(57)56-20-7-9-23-58(56)60)50-38-34-46(35-39-50)44-28-30-48(31-29-44)54-21-10-15-47-14-4-5-18-53(47)54;1-2-13-45-37-46(28-27-39(45)11-1)42-25-23-40(24-26-42)41-29-33-47(34-30-41)57(48-35-31-44(32-36-48)52-20-9-14-43-12-3-4-17-51(43)52)49-15-10-16-50(38-49)58-55-21-7-5-18-53(55)54-19-6-8-22-56(54)58/h1-40H;1-38H. The summed E-state index contributed by atoms with van der Waals surface area (Å²) in [6.45, 7) is 0. The van der Waals surface area contributed by atoms with Crippen molar-refractivity contribution in [1.82, 2.24) is 9.13 Å². The third-order valence-corrected chi connectivity index (χ3v) is 23.4. The topological polar surface area (TPSA) is 16.3 Å². The van der Waals surface area contributed by atoms with E-state index in [9.17, 15) is 0 Å². The van der Waals surface area contributed by atoms with E-state index in [-0.39, 0.29) is 0 Å². The van der Waals surface area contributed by atoms with Crippen LogP contribution in [0.3, 0.4) is 0 Å². The second kappa shape index (κ2) is 30.7. The lowest BCUT2D eigenvalue weighted by molar-refractivity contribution is 1.17. The van der Waals surface area contributed by atoms with E-state index in [4.69, 9.17) is 0 Å². The van der Waals surface area contributed by atoms with Gasteiger partial charge in [-0.25, -0.2) is 0 Å². The first kappa shape index (κ1) is 70.3. The summed E-state index contributed by atoms with van der Waals surface area (Å²) in [5.74, 6) is 0. The minimum absolute atomic E-state index is 1.08. The highest BCUT2D eigenvalue weighted by Gasteiger charge is 2.21. The molecule has 0 saturated carbocycles. The second-order valence-corrected chi connectivity index (χ2v) is 30.4. The first-order valence-corrected chi connectivity index (χ1v) is 40.5. The molecule has 0 aliphatic rings. The van der Waals surface area contributed by atoms with Crippen LogP contribution in [0.15, 0.2) is 473 Å². The first-order valence-electron chi connectivity index (χ1n) is 40.5. The van der Waals surface area contributed by atoms with Gasteiger partial charge in [0.05, 0.1) is 22.1 Å². The minimum Gasteiger partial charge on any atom is -0.310 e. The Morgan fingerprint density at radius 2 is 0.390 bits per heavy atom. The van der Waals surface area contributed by atoms with E-state index in [1.54, 1.807) is 0 Å². The number of hydrogen-bond donors (Lipinski definition) is 0. The lowest BCUT2D eigenvalue weighted by Gasteiger charge is -2.27. The number of rotatable bonds is 15. The van der Waals surface area contributed by atoms with Crippen molar-refractivity contribution in [2.45, 2.75) is 0 Å². The van der Waals surface area contributed by atoms with Crippen molar-refractivity contribution < 1.29 is 0 Å². The van der Waals surface area contributed by atoms with Crippen molar-refractivity contribution in [1.29, 1.82) is 0 Å². The van der Waals surface area contributed by atoms with Crippen LogP contribution in [-0.2, 0) is 0 Å². The molecule has 4 heteroatoms. The van der Waals surface area contributed by atoms with E-state index in [2.05, 4.69) is 492 Å². The molecule has 0 bridgehead atoms. The fraction of sp³-hybridized carbons (Fsp3) is 0. The van der Waals surface area contributed by atoms with E-state index in [1.165, 1.54) is 154 Å². The average Bonchev–Trinajstić information content (AvgIpc) is 1.56. The molecule has 0 fully saturated rings. The highest BCUT2D eigenvalue weighted by atomic mass is 15.2. The zero-order chi connectivity index (χ0) is 78.2. The number of anilines is 6. The summed E-state index contributed by atoms with van der Waals surface area (Å²) in [5, 5.41) is 12.6. The van der Waals surface area contributed by atoms with Gasteiger partial charge in [0.1, 0.15) is 0 Å². The summed E-state index contributed by atoms with van der Waals surface area (Å²) in [6.07, 6.45) is 0. The number of hydrogen-bond acceptors (Lipinski definition) is 2. The fourth-order valence-corrected chi connectivity index (χ4v) is 17.5. The van der Waals surface area contributed by atoms with Crippen molar-refractivity contribution in [3.8, 4) is 89.3 Å². The number of aromatic nitrogens is 2. The number of fused-ring (bicyclic) bond motifs is 9. The molecule has 0 amide bonds. The van der Waals surface area contributed by atoms with Crippen molar-refractivity contribution >= 4 is 110 Å². The first-order chi connectivity index (χ1) is 58.5. The van der Waals surface area contributed by atoms with Gasteiger partial charge in [0.15, 0.2) is 0 Å². The zero-order valence-electron chi connectivity index (χ0n) is 64.8. The van der Waals surface area contributed by atoms with Gasteiger partial charge in [-0.3, -0.25) is 0 Å². The molecule has 118 heavy (non-hydrogen) atoms. The van der Waals surface area contributed by atoms with E-state index >= 15 is 0 Å². The Bertz CT molecular complexity index is 7310. The maximum absolute atomic E-state index is 2.39. The zero-order valence-corrected chi connectivity index (χ0v) is 64.8. The molecule has 0 N–H and O–H groups in total. The predicted molar refractivity (Wildman–Crippen MR) is 501 cm³/mol. The third-order valence-electron chi connectivity index (χ3n) is 23.4. The summed E-state index contributed by atoms with van der Waals surface area (Å²) in [5.41, 5.74) is 30.5. The van der Waals surface area contributed by atoms with Gasteiger partial charge in [-0.1, -0.05) is 358 Å². The molecule has 0 atom stereocenters. The summed E-state index contributed by atoms with van der Waals surface area (Å²) >= 11 is 0. The van der Waals surface area contributed by atoms with Gasteiger partial charge in [0.25, 0.3) is 0 Å². The Kier molecular flexibility index (Phi) is 18.3. The molecule has 0 radical (unpaired) electrons. The molecular weight excluding hydrogens is 1430 g/mol. The molecule has 0 unspecified atom stereocenters. The Morgan fingerprint density at radius 3 is 0.763 bits per heavy atom. The molecule has 22 aromatic rings. The quantitative estimate of drug-likeness (QED) is 0.102. The van der Waals surface area contributed by atoms with Crippen molar-refractivity contribution in [2.24, 2.45) is 0 Å². The second-order valence-electron chi connectivity index (χ2n) is 30.4. The highest BCUT2D eigenvalue weighted by Crippen LogP contribution is 2.44. The van der Waals surface area contributed by atoms with Crippen LogP contribution in [0.1, 0.15) is 0 Å². The SMILES string of the molecule is c1cc(N(c2ccc(-c3ccc(-c4ccc5ccccc5c4)cc3)cc2)c2ccc(-c3cccc4ccccc34)cc2)cc(-n2c3ccccc3c3ccccc32)c1.c1ccc(-c2ccc(-c3ccc(N(c4ccc(-c5ccc(-c6cccc7ccccc67)cc5)cc4)c4cccc(-n5c6ccccc6c6ccccc65)c4)cc3)cc2)cc1. The maximum atomic E-state index is 2.39. The van der Waals surface area contributed by atoms with Gasteiger partial charge < -0.3 is 18.9 Å². The summed E-state index contributed by atoms with van der Waals surface area (Å²) in [7, 11) is 0. The Morgan fingerprint density at radius 1 is 0.136 bits per heavy atom. The number of nitrogens with zero attached hydrogens (tertiary/aromatic N) is 4. The molecule has 2 heterocycles. The number of benzene rings is 20. The van der Waals surface area contributed by atoms with Gasteiger partial charge in [0, 0.05) is 67.0 Å². The molecular formula is C114H78N4. The molecule has 0 aliphatic carbocycles. The minimum atomic E-state index is 1.08. The smallest absolute Gasteiger partial charge is 0.0541 e. The Balaban J connectivity index is 0.000000147. The van der Waals surface area contributed by atoms with Crippen LogP contribution in [0.2, 0.25) is 0 Å². The van der Waals surface area contributed by atoms with E-state index in [0.717, 1.165) is 45.5 Å². The number of para-hydroxylation sites is 4. The van der Waals surface area contributed by atoms with Crippen molar-refractivity contribution in [3.05, 3.63) is 473 Å². The van der Waals surface area contributed by atoms with Gasteiger partial charge >= 0.3 is 0 Å². The van der Waals surface area contributed by atoms with Gasteiger partial charge in [-0.15, -0.1) is 0 Å². The molecule has 0 saturated heterocycles. The van der Waals surface area contributed by atoms with Gasteiger partial charge in [-0.05, 0) is 225 Å². The summed E-state index contributed by atoms with van der Waals surface area (Å²) < 4.78 is 4.78. The van der Waals surface area contributed by atoms with E-state index < -0.39 is 0 Å². The predicted octanol–water partition coefficient (Wildman–Crippen LogP) is 31.6.